The molecule has 24 heavy (non-hydrogen) atoms. The smallest absolute Gasteiger partial charge is 0.251 e. The molecule has 1 heterocycles. The highest BCUT2D eigenvalue weighted by Crippen LogP contribution is 2.20. The molecule has 130 valence electrons. The number of rotatable bonds is 3. The summed E-state index contributed by atoms with van der Waals surface area (Å²) in [5.74, 6) is -0.0251. The topological polar surface area (TPSA) is 68.0 Å². The number of pyridine rings is 1. The van der Waals surface area contributed by atoms with Crippen molar-refractivity contribution in [2.75, 3.05) is 0 Å². The molecule has 4 nitrogen and oxygen atoms in total. The zero-order valence-electron chi connectivity index (χ0n) is 13.6. The molecule has 1 amide bonds. The van der Waals surface area contributed by atoms with Crippen LogP contribution in [0.25, 0.3) is 11.3 Å². The van der Waals surface area contributed by atoms with Crippen molar-refractivity contribution in [2.24, 2.45) is 5.73 Å². The largest absolute Gasteiger partial charge is 0.349 e. The number of carbonyl (C=O) groups is 1. The lowest BCUT2D eigenvalue weighted by atomic mass is 10.1. The second-order valence-corrected chi connectivity index (χ2v) is 5.99. The van der Waals surface area contributed by atoms with Gasteiger partial charge in [0.2, 0.25) is 0 Å². The van der Waals surface area contributed by atoms with Gasteiger partial charge in [0.05, 0.1) is 5.69 Å². The predicted octanol–water partition coefficient (Wildman–Crippen LogP) is 3.51. The van der Waals surface area contributed by atoms with Gasteiger partial charge in [-0.2, -0.15) is 0 Å². The summed E-state index contributed by atoms with van der Waals surface area (Å²) in [5.41, 5.74) is 9.48. The van der Waals surface area contributed by atoms with Gasteiger partial charge in [0.25, 0.3) is 5.91 Å². The Morgan fingerprint density at radius 3 is 2.42 bits per heavy atom. The molecule has 2 atom stereocenters. The van der Waals surface area contributed by atoms with Crippen LogP contribution < -0.4 is 11.1 Å². The third-order valence-corrected chi connectivity index (χ3v) is 4.14. The Hall–Kier alpha value is -1.62. The van der Waals surface area contributed by atoms with Crippen LogP contribution in [-0.2, 0) is 0 Å². The van der Waals surface area contributed by atoms with Gasteiger partial charge in [0.15, 0.2) is 0 Å². The zero-order chi connectivity index (χ0) is 15.5. The molecule has 6 heteroatoms. The molecule has 1 saturated carbocycles. The molecule has 0 saturated heterocycles. The number of halogens is 2. The van der Waals surface area contributed by atoms with E-state index >= 15 is 0 Å². The summed E-state index contributed by atoms with van der Waals surface area (Å²) in [6.45, 7) is 1.97. The van der Waals surface area contributed by atoms with Crippen LogP contribution in [0.3, 0.4) is 0 Å². The van der Waals surface area contributed by atoms with E-state index < -0.39 is 0 Å². The summed E-state index contributed by atoms with van der Waals surface area (Å²) in [7, 11) is 0. The standard InChI is InChI=1S/C18H21N3O.2ClH/c1-12-3-2-4-17(20-12)13-5-7-14(8-6-13)18(22)21-16-10-9-15(19)11-16;;/h2-8,15-16H,9-11,19H2,1H3,(H,21,22);2*1H/t15-,16+;;/m1../s1. The maximum Gasteiger partial charge on any atom is 0.251 e. The van der Waals surface area contributed by atoms with Crippen LogP contribution in [0, 0.1) is 6.92 Å². The van der Waals surface area contributed by atoms with Gasteiger partial charge in [-0.1, -0.05) is 18.2 Å². The van der Waals surface area contributed by atoms with Gasteiger partial charge in [0, 0.05) is 28.9 Å². The monoisotopic (exact) mass is 367 g/mol. The number of benzene rings is 1. The normalized spacial score (nSPS) is 19.1. The highest BCUT2D eigenvalue weighted by atomic mass is 35.5. The molecule has 0 spiro atoms. The minimum absolute atomic E-state index is 0. The first kappa shape index (κ1) is 20.4. The fourth-order valence-corrected chi connectivity index (χ4v) is 2.91. The molecule has 2 aromatic rings. The molecule has 0 radical (unpaired) electrons. The van der Waals surface area contributed by atoms with Crippen molar-refractivity contribution in [2.45, 2.75) is 38.3 Å². The first-order valence-electron chi connectivity index (χ1n) is 7.72. The van der Waals surface area contributed by atoms with Gasteiger partial charge in [-0.15, -0.1) is 24.8 Å². The Kier molecular flexibility index (Phi) is 7.67. The first-order chi connectivity index (χ1) is 10.6. The Balaban J connectivity index is 0.00000144. The van der Waals surface area contributed by atoms with Crippen molar-refractivity contribution in [3.63, 3.8) is 0 Å². The molecule has 1 aromatic carbocycles. The molecule has 1 fully saturated rings. The van der Waals surface area contributed by atoms with Gasteiger partial charge in [-0.05, 0) is 50.5 Å². The van der Waals surface area contributed by atoms with Crippen LogP contribution in [0.5, 0.6) is 0 Å². The Morgan fingerprint density at radius 1 is 1.12 bits per heavy atom. The van der Waals surface area contributed by atoms with Crippen LogP contribution in [-0.4, -0.2) is 23.0 Å². The molecule has 0 unspecified atom stereocenters. The van der Waals surface area contributed by atoms with Crippen molar-refractivity contribution >= 4 is 30.7 Å². The molecule has 0 bridgehead atoms. The fourth-order valence-electron chi connectivity index (χ4n) is 2.91. The number of hydrogen-bond donors (Lipinski definition) is 2. The lowest BCUT2D eigenvalue weighted by Gasteiger charge is -2.12. The van der Waals surface area contributed by atoms with Crippen molar-refractivity contribution in [1.29, 1.82) is 0 Å². The number of nitrogens with zero attached hydrogens (tertiary/aromatic N) is 1. The number of nitrogens with two attached hydrogens (primary N) is 1. The highest BCUT2D eigenvalue weighted by molar-refractivity contribution is 5.94. The van der Waals surface area contributed by atoms with Crippen LogP contribution in [0.1, 0.15) is 35.3 Å². The summed E-state index contributed by atoms with van der Waals surface area (Å²) >= 11 is 0. The van der Waals surface area contributed by atoms with E-state index in [1.165, 1.54) is 0 Å². The SMILES string of the molecule is Cc1cccc(-c2ccc(C(=O)N[C@H]3CC[C@@H](N)C3)cc2)n1.Cl.Cl. The van der Waals surface area contributed by atoms with E-state index in [4.69, 9.17) is 5.73 Å². The molecular weight excluding hydrogens is 345 g/mol. The second kappa shape index (κ2) is 9.02. The van der Waals surface area contributed by atoms with E-state index in [-0.39, 0.29) is 42.8 Å². The predicted molar refractivity (Wildman–Crippen MR) is 102 cm³/mol. The number of carbonyl (C=O) groups excluding carboxylic acids is 1. The molecule has 3 N–H and O–H groups in total. The molecular formula is C18H23Cl2N3O. The van der Waals surface area contributed by atoms with E-state index in [1.807, 2.05) is 49.4 Å². The van der Waals surface area contributed by atoms with Crippen molar-refractivity contribution in [3.05, 3.63) is 53.7 Å². The molecule has 0 aliphatic heterocycles. The van der Waals surface area contributed by atoms with Crippen LogP contribution >= 0.6 is 24.8 Å². The van der Waals surface area contributed by atoms with Gasteiger partial charge < -0.3 is 11.1 Å². The Bertz CT molecular complexity index is 676. The molecule has 1 aliphatic rings. The Morgan fingerprint density at radius 2 is 1.83 bits per heavy atom. The highest BCUT2D eigenvalue weighted by Gasteiger charge is 2.23. The van der Waals surface area contributed by atoms with Gasteiger partial charge in [0.1, 0.15) is 0 Å². The van der Waals surface area contributed by atoms with Crippen molar-refractivity contribution in [1.82, 2.24) is 10.3 Å². The van der Waals surface area contributed by atoms with Gasteiger partial charge in [-0.3, -0.25) is 9.78 Å². The van der Waals surface area contributed by atoms with Crippen molar-refractivity contribution < 1.29 is 4.79 Å². The van der Waals surface area contributed by atoms with E-state index in [2.05, 4.69) is 10.3 Å². The lowest BCUT2D eigenvalue weighted by Crippen LogP contribution is -2.33. The Labute approximate surface area is 155 Å². The maximum absolute atomic E-state index is 12.2. The van der Waals surface area contributed by atoms with Crippen molar-refractivity contribution in [3.8, 4) is 11.3 Å². The average Bonchev–Trinajstić information content (AvgIpc) is 2.92. The molecule has 3 rings (SSSR count). The maximum atomic E-state index is 12.2. The summed E-state index contributed by atoms with van der Waals surface area (Å²) < 4.78 is 0. The number of aryl methyl sites for hydroxylation is 1. The number of nitrogens with one attached hydrogen (secondary N) is 1. The third-order valence-electron chi connectivity index (χ3n) is 4.14. The number of amides is 1. The fraction of sp³-hybridized carbons (Fsp3) is 0.333. The molecule has 1 aliphatic carbocycles. The van der Waals surface area contributed by atoms with E-state index in [9.17, 15) is 4.79 Å². The quantitative estimate of drug-likeness (QED) is 0.871. The third kappa shape index (κ3) is 4.94. The minimum Gasteiger partial charge on any atom is -0.349 e. The van der Waals surface area contributed by atoms with Gasteiger partial charge >= 0.3 is 0 Å². The first-order valence-corrected chi connectivity index (χ1v) is 7.72. The molecule has 1 aromatic heterocycles. The lowest BCUT2D eigenvalue weighted by molar-refractivity contribution is 0.0937. The summed E-state index contributed by atoms with van der Waals surface area (Å²) in [6.07, 6.45) is 2.83. The minimum atomic E-state index is -0.0251. The summed E-state index contributed by atoms with van der Waals surface area (Å²) in [6, 6.07) is 13.9. The van der Waals surface area contributed by atoms with E-state index in [0.29, 0.717) is 5.56 Å². The van der Waals surface area contributed by atoms with Gasteiger partial charge in [-0.25, -0.2) is 0 Å². The summed E-state index contributed by atoms with van der Waals surface area (Å²) in [4.78, 5) is 16.7. The zero-order valence-corrected chi connectivity index (χ0v) is 15.2. The van der Waals surface area contributed by atoms with Crippen LogP contribution in [0.15, 0.2) is 42.5 Å². The summed E-state index contributed by atoms with van der Waals surface area (Å²) in [5, 5.41) is 3.06. The van der Waals surface area contributed by atoms with Crippen LogP contribution in [0.2, 0.25) is 0 Å². The van der Waals surface area contributed by atoms with E-state index in [1.54, 1.807) is 0 Å². The number of hydrogen-bond acceptors (Lipinski definition) is 3. The second-order valence-electron chi connectivity index (χ2n) is 5.99. The van der Waals surface area contributed by atoms with Crippen LogP contribution in [0.4, 0.5) is 0 Å². The average molecular weight is 368 g/mol. The van der Waals surface area contributed by atoms with E-state index in [0.717, 1.165) is 36.2 Å². The number of aromatic nitrogens is 1.